The van der Waals surface area contributed by atoms with Gasteiger partial charge in [-0.2, -0.15) is 0 Å². The predicted molar refractivity (Wildman–Crippen MR) is 68.2 cm³/mol. The Morgan fingerprint density at radius 1 is 1.33 bits per heavy atom. The minimum absolute atomic E-state index is 0.129. The quantitative estimate of drug-likeness (QED) is 0.781. The highest BCUT2D eigenvalue weighted by molar-refractivity contribution is 5.92. The van der Waals surface area contributed by atoms with Crippen LogP contribution in [0.5, 0.6) is 0 Å². The first-order valence-corrected chi connectivity index (χ1v) is 6.59. The van der Waals surface area contributed by atoms with Crippen LogP contribution < -0.4 is 5.32 Å². The maximum absolute atomic E-state index is 11.6. The summed E-state index contributed by atoms with van der Waals surface area (Å²) in [6.07, 6.45) is 2.11. The monoisotopic (exact) mass is 253 g/mol. The van der Waals surface area contributed by atoms with Gasteiger partial charge in [0.15, 0.2) is 0 Å². The second-order valence-corrected chi connectivity index (χ2v) is 7.26. The maximum Gasteiger partial charge on any atom is 0.407 e. The number of ether oxygens (including phenoxy) is 1. The van der Waals surface area contributed by atoms with Crippen LogP contribution in [-0.4, -0.2) is 23.5 Å². The van der Waals surface area contributed by atoms with E-state index in [9.17, 15) is 9.59 Å². The lowest BCUT2D eigenvalue weighted by Gasteiger charge is -2.63. The SMILES string of the molecule is CC(C)(C)OC(=O)NC1CC2(CC(=O)C2(C)C)C1. The van der Waals surface area contributed by atoms with Crippen molar-refractivity contribution in [2.75, 3.05) is 0 Å². The average molecular weight is 253 g/mol. The topological polar surface area (TPSA) is 55.4 Å². The summed E-state index contributed by atoms with van der Waals surface area (Å²) in [7, 11) is 0. The number of hydrogen-bond acceptors (Lipinski definition) is 3. The van der Waals surface area contributed by atoms with Crippen molar-refractivity contribution in [1.82, 2.24) is 5.32 Å². The molecule has 2 aliphatic carbocycles. The molecule has 0 unspecified atom stereocenters. The van der Waals surface area contributed by atoms with Gasteiger partial charge in [0.1, 0.15) is 11.4 Å². The smallest absolute Gasteiger partial charge is 0.407 e. The number of hydrogen-bond donors (Lipinski definition) is 1. The van der Waals surface area contributed by atoms with Crippen molar-refractivity contribution in [3.8, 4) is 0 Å². The molecule has 2 rings (SSSR count). The van der Waals surface area contributed by atoms with Crippen molar-refractivity contribution in [3.05, 3.63) is 0 Å². The van der Waals surface area contributed by atoms with Gasteiger partial charge >= 0.3 is 6.09 Å². The van der Waals surface area contributed by atoms with Gasteiger partial charge in [0.05, 0.1) is 0 Å². The van der Waals surface area contributed by atoms with Crippen LogP contribution in [0.2, 0.25) is 0 Å². The molecule has 2 fully saturated rings. The lowest BCUT2D eigenvalue weighted by atomic mass is 9.41. The summed E-state index contributed by atoms with van der Waals surface area (Å²) < 4.78 is 5.22. The van der Waals surface area contributed by atoms with Gasteiger partial charge in [0, 0.05) is 17.9 Å². The van der Waals surface area contributed by atoms with Crippen molar-refractivity contribution < 1.29 is 14.3 Å². The molecule has 4 nitrogen and oxygen atoms in total. The fraction of sp³-hybridized carbons (Fsp3) is 0.857. The standard InChI is InChI=1S/C14H23NO3/c1-12(2,3)18-11(17)15-9-6-14(7-9)8-10(16)13(14,4)5/h9H,6-8H2,1-5H3,(H,15,17). The first kappa shape index (κ1) is 13.4. The molecular formula is C14H23NO3. The zero-order chi connectivity index (χ0) is 13.8. The van der Waals surface area contributed by atoms with Crippen LogP contribution in [0, 0.1) is 10.8 Å². The predicted octanol–water partition coefficient (Wildman–Crippen LogP) is 2.66. The number of carbonyl (C=O) groups is 2. The maximum atomic E-state index is 11.6. The van der Waals surface area contributed by atoms with E-state index in [-0.39, 0.29) is 23.0 Å². The number of ketones is 1. The zero-order valence-corrected chi connectivity index (χ0v) is 11.9. The van der Waals surface area contributed by atoms with Crippen LogP contribution >= 0.6 is 0 Å². The van der Waals surface area contributed by atoms with Crippen molar-refractivity contribution in [1.29, 1.82) is 0 Å². The summed E-state index contributed by atoms with van der Waals surface area (Å²) in [5.74, 6) is 0.346. The molecule has 0 aromatic heterocycles. The minimum atomic E-state index is -0.461. The molecule has 0 bridgehead atoms. The highest BCUT2D eigenvalue weighted by atomic mass is 16.6. The number of amides is 1. The van der Waals surface area contributed by atoms with Crippen molar-refractivity contribution in [2.24, 2.45) is 10.8 Å². The highest BCUT2D eigenvalue weighted by Crippen LogP contribution is 2.64. The summed E-state index contributed by atoms with van der Waals surface area (Å²) in [5.41, 5.74) is -0.542. The molecule has 1 N–H and O–H groups in total. The second-order valence-electron chi connectivity index (χ2n) is 7.26. The van der Waals surface area contributed by atoms with E-state index >= 15 is 0 Å². The largest absolute Gasteiger partial charge is 0.444 e. The van der Waals surface area contributed by atoms with Gasteiger partial charge in [0.25, 0.3) is 0 Å². The Kier molecular flexibility index (Phi) is 2.76. The van der Waals surface area contributed by atoms with Gasteiger partial charge in [0.2, 0.25) is 0 Å². The summed E-state index contributed by atoms with van der Waals surface area (Å²) in [6.45, 7) is 9.58. The zero-order valence-electron chi connectivity index (χ0n) is 11.9. The molecule has 2 saturated carbocycles. The van der Waals surface area contributed by atoms with Crippen LogP contribution in [-0.2, 0) is 9.53 Å². The molecule has 0 atom stereocenters. The molecule has 0 aliphatic heterocycles. The van der Waals surface area contributed by atoms with Gasteiger partial charge in [-0.3, -0.25) is 4.79 Å². The Morgan fingerprint density at radius 3 is 2.28 bits per heavy atom. The first-order valence-electron chi connectivity index (χ1n) is 6.59. The number of nitrogens with one attached hydrogen (secondary N) is 1. The molecule has 0 heterocycles. The van der Waals surface area contributed by atoms with Gasteiger partial charge in [-0.05, 0) is 39.0 Å². The Morgan fingerprint density at radius 2 is 1.89 bits per heavy atom. The minimum Gasteiger partial charge on any atom is -0.444 e. The summed E-state index contributed by atoms with van der Waals surface area (Å²) in [4.78, 5) is 23.2. The van der Waals surface area contributed by atoms with Gasteiger partial charge in [-0.1, -0.05) is 13.8 Å². The van der Waals surface area contributed by atoms with E-state index in [1.807, 2.05) is 34.6 Å². The Hall–Kier alpha value is -1.06. The third-order valence-electron chi connectivity index (χ3n) is 4.52. The lowest BCUT2D eigenvalue weighted by molar-refractivity contribution is -0.171. The van der Waals surface area contributed by atoms with Crippen LogP contribution in [0.3, 0.4) is 0 Å². The molecule has 0 aromatic rings. The van der Waals surface area contributed by atoms with Crippen LogP contribution in [0.1, 0.15) is 53.9 Å². The van der Waals surface area contributed by atoms with Gasteiger partial charge in [-0.25, -0.2) is 4.79 Å². The molecular weight excluding hydrogens is 230 g/mol. The second kappa shape index (κ2) is 3.72. The van der Waals surface area contributed by atoms with Crippen molar-refractivity contribution in [3.63, 3.8) is 0 Å². The fourth-order valence-corrected chi connectivity index (χ4v) is 3.05. The van der Waals surface area contributed by atoms with E-state index in [0.717, 1.165) is 12.8 Å². The van der Waals surface area contributed by atoms with E-state index in [4.69, 9.17) is 4.74 Å². The van der Waals surface area contributed by atoms with Crippen molar-refractivity contribution in [2.45, 2.75) is 65.5 Å². The van der Waals surface area contributed by atoms with Gasteiger partial charge in [-0.15, -0.1) is 0 Å². The Balaban J connectivity index is 1.81. The highest BCUT2D eigenvalue weighted by Gasteiger charge is 2.65. The van der Waals surface area contributed by atoms with Crippen molar-refractivity contribution >= 4 is 11.9 Å². The molecule has 4 heteroatoms. The number of carbonyl (C=O) groups excluding carboxylic acids is 2. The fourth-order valence-electron chi connectivity index (χ4n) is 3.05. The molecule has 0 saturated heterocycles. The Labute approximate surface area is 108 Å². The summed E-state index contributed by atoms with van der Waals surface area (Å²) in [5, 5.41) is 2.88. The van der Waals surface area contributed by atoms with E-state index in [2.05, 4.69) is 5.32 Å². The molecule has 102 valence electrons. The first-order chi connectivity index (χ1) is 8.06. The van der Waals surface area contributed by atoms with Crippen LogP contribution in [0.25, 0.3) is 0 Å². The number of alkyl carbamates (subject to hydrolysis) is 1. The number of rotatable bonds is 1. The van der Waals surface area contributed by atoms with Gasteiger partial charge < -0.3 is 10.1 Å². The number of Topliss-reactive ketones (excluding diaryl/α,β-unsaturated/α-hetero) is 1. The summed E-state index contributed by atoms with van der Waals surface area (Å²) in [6, 6.07) is 0.159. The normalized spacial score (nSPS) is 33.6. The molecule has 1 spiro atoms. The average Bonchev–Trinajstić information content (AvgIpc) is 2.10. The van der Waals surface area contributed by atoms with E-state index in [1.54, 1.807) is 0 Å². The van der Waals surface area contributed by atoms with Crippen LogP contribution in [0.15, 0.2) is 0 Å². The molecule has 0 radical (unpaired) electrons. The Bertz CT molecular complexity index is 386. The molecule has 1 amide bonds. The molecule has 18 heavy (non-hydrogen) atoms. The third-order valence-corrected chi connectivity index (χ3v) is 4.52. The molecule has 0 aromatic carbocycles. The van der Waals surface area contributed by atoms with E-state index in [0.29, 0.717) is 12.2 Å². The van der Waals surface area contributed by atoms with E-state index in [1.165, 1.54) is 0 Å². The van der Waals surface area contributed by atoms with E-state index < -0.39 is 5.60 Å². The molecule has 2 aliphatic rings. The van der Waals surface area contributed by atoms with Crippen LogP contribution in [0.4, 0.5) is 4.79 Å². The third kappa shape index (κ3) is 2.02. The summed E-state index contributed by atoms with van der Waals surface area (Å²) >= 11 is 0. The lowest BCUT2D eigenvalue weighted by Crippen LogP contribution is -2.66.